The number of hydrogen-bond acceptors (Lipinski definition) is 5. The molecule has 8 heteroatoms. The van der Waals surface area contributed by atoms with Gasteiger partial charge < -0.3 is 9.47 Å². The fraction of sp³-hybridized carbons (Fsp3) is 0.211. The molecule has 2 aromatic rings. The van der Waals surface area contributed by atoms with Crippen molar-refractivity contribution in [2.24, 2.45) is 0 Å². The Hall–Kier alpha value is -2.51. The van der Waals surface area contributed by atoms with E-state index in [4.69, 9.17) is 21.1 Å². The molecule has 0 aliphatic heterocycles. The van der Waals surface area contributed by atoms with Gasteiger partial charge in [-0.25, -0.2) is 13.2 Å². The molecule has 0 amide bonds. The number of rotatable bonds is 8. The van der Waals surface area contributed by atoms with Crippen molar-refractivity contribution in [2.75, 3.05) is 24.6 Å². The molecule has 0 radical (unpaired) electrons. The molecule has 0 heterocycles. The molecule has 0 aromatic heterocycles. The Morgan fingerprint density at radius 1 is 1.22 bits per heavy atom. The van der Waals surface area contributed by atoms with Crippen molar-refractivity contribution >= 4 is 33.3 Å². The first-order valence-corrected chi connectivity index (χ1v) is 9.91. The van der Waals surface area contributed by atoms with Crippen LogP contribution in [0.25, 0.3) is 0 Å². The number of ether oxygens (including phenoxy) is 2. The molecule has 0 aliphatic rings. The molecule has 2 aromatic carbocycles. The number of carbonyl (C=O) groups is 1. The van der Waals surface area contributed by atoms with E-state index in [0.29, 0.717) is 12.4 Å². The Labute approximate surface area is 164 Å². The summed E-state index contributed by atoms with van der Waals surface area (Å²) >= 11 is 6.22. The number of benzene rings is 2. The topological polar surface area (TPSA) is 72.9 Å². The van der Waals surface area contributed by atoms with Crippen LogP contribution in [0.4, 0.5) is 5.69 Å². The fourth-order valence-electron chi connectivity index (χ4n) is 2.39. The van der Waals surface area contributed by atoms with Crippen LogP contribution in [0.1, 0.15) is 17.3 Å². The van der Waals surface area contributed by atoms with Gasteiger partial charge in [-0.05, 0) is 49.4 Å². The van der Waals surface area contributed by atoms with Crippen molar-refractivity contribution in [1.82, 2.24) is 0 Å². The van der Waals surface area contributed by atoms with Gasteiger partial charge in [0.2, 0.25) is 0 Å². The van der Waals surface area contributed by atoms with Crippen LogP contribution in [0.3, 0.4) is 0 Å². The van der Waals surface area contributed by atoms with E-state index in [0.717, 1.165) is 4.31 Å². The van der Waals surface area contributed by atoms with Gasteiger partial charge in [-0.2, -0.15) is 0 Å². The molecule has 0 atom stereocenters. The van der Waals surface area contributed by atoms with Gasteiger partial charge in [0, 0.05) is 0 Å². The Morgan fingerprint density at radius 2 is 1.89 bits per heavy atom. The van der Waals surface area contributed by atoms with Crippen LogP contribution in [0.2, 0.25) is 5.02 Å². The highest BCUT2D eigenvalue weighted by Gasteiger charge is 2.26. The number of hydrogen-bond donors (Lipinski definition) is 0. The van der Waals surface area contributed by atoms with E-state index in [-0.39, 0.29) is 27.7 Å². The van der Waals surface area contributed by atoms with Gasteiger partial charge in [-0.1, -0.05) is 17.7 Å². The molecule has 144 valence electrons. The minimum Gasteiger partial charge on any atom is -0.494 e. The zero-order valence-electron chi connectivity index (χ0n) is 15.0. The highest BCUT2D eigenvalue weighted by molar-refractivity contribution is 7.92. The van der Waals surface area contributed by atoms with Gasteiger partial charge in [0.1, 0.15) is 5.75 Å². The lowest BCUT2D eigenvalue weighted by atomic mass is 10.2. The lowest BCUT2D eigenvalue weighted by Gasteiger charge is -2.24. The van der Waals surface area contributed by atoms with E-state index in [2.05, 4.69) is 6.58 Å². The molecule has 2 rings (SSSR count). The third-order valence-electron chi connectivity index (χ3n) is 3.65. The Balaban J connectivity index is 2.52. The lowest BCUT2D eigenvalue weighted by molar-refractivity contribution is 0.0600. The van der Waals surface area contributed by atoms with Gasteiger partial charge in [0.25, 0.3) is 10.0 Å². The third-order valence-corrected chi connectivity index (χ3v) is 5.77. The first kappa shape index (κ1) is 20.8. The van der Waals surface area contributed by atoms with Gasteiger partial charge in [-0.15, -0.1) is 6.58 Å². The van der Waals surface area contributed by atoms with Gasteiger partial charge in [0.15, 0.2) is 0 Å². The summed E-state index contributed by atoms with van der Waals surface area (Å²) in [5.41, 5.74) is 0.348. The average Bonchev–Trinajstić information content (AvgIpc) is 2.67. The molecule has 0 N–H and O–H groups in total. The number of anilines is 1. The van der Waals surface area contributed by atoms with Gasteiger partial charge in [-0.3, -0.25) is 4.31 Å². The molecule has 0 fully saturated rings. The van der Waals surface area contributed by atoms with Crippen molar-refractivity contribution < 1.29 is 22.7 Å². The van der Waals surface area contributed by atoms with Crippen LogP contribution in [-0.2, 0) is 14.8 Å². The summed E-state index contributed by atoms with van der Waals surface area (Å²) in [6, 6.07) is 10.4. The van der Waals surface area contributed by atoms with E-state index >= 15 is 0 Å². The smallest absolute Gasteiger partial charge is 0.337 e. The minimum atomic E-state index is -3.95. The second kappa shape index (κ2) is 8.92. The number of esters is 1. The molecule has 0 unspecified atom stereocenters. The summed E-state index contributed by atoms with van der Waals surface area (Å²) in [6.07, 6.45) is 1.44. The summed E-state index contributed by atoms with van der Waals surface area (Å²) in [6.45, 7) is 5.90. The average molecular weight is 410 g/mol. The van der Waals surface area contributed by atoms with Gasteiger partial charge >= 0.3 is 5.97 Å². The monoisotopic (exact) mass is 409 g/mol. The number of methoxy groups -OCH3 is 1. The van der Waals surface area contributed by atoms with E-state index in [9.17, 15) is 13.2 Å². The van der Waals surface area contributed by atoms with E-state index in [1.807, 2.05) is 6.92 Å². The molecule has 0 aliphatic carbocycles. The first-order valence-electron chi connectivity index (χ1n) is 8.09. The predicted octanol–water partition coefficient (Wildman–Crippen LogP) is 3.91. The molecule has 6 nitrogen and oxygen atoms in total. The lowest BCUT2D eigenvalue weighted by Crippen LogP contribution is -2.31. The van der Waals surface area contributed by atoms with Crippen LogP contribution in [0.15, 0.2) is 60.0 Å². The summed E-state index contributed by atoms with van der Waals surface area (Å²) in [5, 5.41) is 0.180. The zero-order valence-corrected chi connectivity index (χ0v) is 16.6. The second-order valence-electron chi connectivity index (χ2n) is 5.39. The molecule has 27 heavy (non-hydrogen) atoms. The summed E-state index contributed by atoms with van der Waals surface area (Å²) in [4.78, 5) is 11.9. The summed E-state index contributed by atoms with van der Waals surface area (Å²) in [7, 11) is -2.70. The number of nitrogens with zero attached hydrogens (tertiary/aromatic N) is 1. The highest BCUT2D eigenvalue weighted by Crippen LogP contribution is 2.32. The van der Waals surface area contributed by atoms with Crippen LogP contribution >= 0.6 is 11.6 Å². The van der Waals surface area contributed by atoms with Crippen molar-refractivity contribution in [3.63, 3.8) is 0 Å². The summed E-state index contributed by atoms with van der Waals surface area (Å²) < 4.78 is 37.4. The Morgan fingerprint density at radius 3 is 2.44 bits per heavy atom. The van der Waals surface area contributed by atoms with E-state index < -0.39 is 16.0 Å². The number of halogens is 1. The second-order valence-corrected chi connectivity index (χ2v) is 7.66. The molecule has 0 saturated carbocycles. The fourth-order valence-corrected chi connectivity index (χ4v) is 4.11. The van der Waals surface area contributed by atoms with E-state index in [1.54, 1.807) is 12.1 Å². The zero-order chi connectivity index (χ0) is 20.0. The maximum atomic E-state index is 13.2. The van der Waals surface area contributed by atoms with Crippen LogP contribution in [0, 0.1) is 0 Å². The van der Waals surface area contributed by atoms with Gasteiger partial charge in [0.05, 0.1) is 41.4 Å². The SMILES string of the molecule is C=CCN(c1cc(C(=O)OC)ccc1Cl)S(=O)(=O)c1ccc(OCC)cc1. The van der Waals surface area contributed by atoms with Crippen LogP contribution in [-0.4, -0.2) is 34.6 Å². The molecular formula is C19H20ClNO5S. The van der Waals surface area contributed by atoms with Crippen molar-refractivity contribution in [2.45, 2.75) is 11.8 Å². The quantitative estimate of drug-likeness (QED) is 0.488. The Bertz CT molecular complexity index is 926. The van der Waals surface area contributed by atoms with Crippen molar-refractivity contribution in [1.29, 1.82) is 0 Å². The predicted molar refractivity (Wildman–Crippen MR) is 105 cm³/mol. The van der Waals surface area contributed by atoms with Crippen molar-refractivity contribution in [3.05, 3.63) is 65.7 Å². The Kier molecular flexibility index (Phi) is 6.87. The van der Waals surface area contributed by atoms with Crippen LogP contribution < -0.4 is 9.04 Å². The molecule has 0 bridgehead atoms. The molecule has 0 saturated heterocycles. The van der Waals surface area contributed by atoms with E-state index in [1.165, 1.54) is 43.5 Å². The highest BCUT2D eigenvalue weighted by atomic mass is 35.5. The summed E-state index contributed by atoms with van der Waals surface area (Å²) in [5.74, 6) is -0.0256. The molecular weight excluding hydrogens is 390 g/mol. The van der Waals surface area contributed by atoms with Crippen molar-refractivity contribution in [3.8, 4) is 5.75 Å². The normalized spacial score (nSPS) is 10.9. The number of sulfonamides is 1. The number of carbonyl (C=O) groups excluding carboxylic acids is 1. The largest absolute Gasteiger partial charge is 0.494 e. The minimum absolute atomic E-state index is 0.0279. The third kappa shape index (κ3) is 4.61. The standard InChI is InChI=1S/C19H20ClNO5S/c1-4-12-21(18-13-14(19(22)25-3)6-11-17(18)20)27(23,24)16-9-7-15(8-10-16)26-5-2/h4,6-11,13H,1,5,12H2,2-3H3. The maximum absolute atomic E-state index is 13.2. The maximum Gasteiger partial charge on any atom is 0.337 e. The van der Waals surface area contributed by atoms with Crippen LogP contribution in [0.5, 0.6) is 5.75 Å². The first-order chi connectivity index (χ1) is 12.8. The molecule has 0 spiro atoms.